The molecule has 0 aliphatic carbocycles. The van der Waals surface area contributed by atoms with Crippen LogP contribution in [0.3, 0.4) is 0 Å². The normalized spacial score (nSPS) is 14.5. The third-order valence-electron chi connectivity index (χ3n) is 2.26. The number of thiophene rings is 1. The van der Waals surface area contributed by atoms with Crippen molar-refractivity contribution in [2.24, 2.45) is 0 Å². The lowest BCUT2D eigenvalue weighted by Crippen LogP contribution is -2.28. The maximum Gasteiger partial charge on any atom is 0.199 e. The van der Waals surface area contributed by atoms with Crippen molar-refractivity contribution in [3.63, 3.8) is 0 Å². The fourth-order valence-electron chi connectivity index (χ4n) is 1.42. The molecule has 2 unspecified atom stereocenters. The Morgan fingerprint density at radius 2 is 2.21 bits per heavy atom. The third-order valence-corrected chi connectivity index (χ3v) is 6.03. The van der Waals surface area contributed by atoms with Crippen LogP contribution < -0.4 is 0 Å². The molecule has 0 spiro atoms. The Morgan fingerprint density at radius 1 is 1.58 bits per heavy atom. The highest BCUT2D eigenvalue weighted by Crippen LogP contribution is 2.37. The average Bonchev–Trinajstić information content (AvgIpc) is 2.79. The summed E-state index contributed by atoms with van der Waals surface area (Å²) < 4.78 is 16.5. The van der Waals surface area contributed by atoms with Crippen molar-refractivity contribution in [3.05, 3.63) is 17.5 Å². The van der Waals surface area contributed by atoms with Gasteiger partial charge in [-0.3, -0.25) is 9.00 Å². The Hall–Kier alpha value is 0.0600. The lowest BCUT2D eigenvalue weighted by molar-refractivity contribution is -0.119. The number of ketones is 1. The van der Waals surface area contributed by atoms with E-state index in [-0.39, 0.29) is 26.1 Å². The van der Waals surface area contributed by atoms with Crippen LogP contribution in [0.15, 0.2) is 21.7 Å². The zero-order valence-electron chi connectivity index (χ0n) is 10.0. The van der Waals surface area contributed by atoms with Gasteiger partial charge >= 0.3 is 0 Å². The second-order valence-corrected chi connectivity index (χ2v) is 8.62. The van der Waals surface area contributed by atoms with Gasteiger partial charge in [0.25, 0.3) is 0 Å². The van der Waals surface area contributed by atoms with E-state index in [1.807, 2.05) is 0 Å². The first-order chi connectivity index (χ1) is 8.36. The summed E-state index contributed by atoms with van der Waals surface area (Å²) in [5.41, 5.74) is 0. The number of hydrogen-bond acceptors (Lipinski definition) is 4. The van der Waals surface area contributed by atoms with E-state index in [2.05, 4.69) is 0 Å². The Balaban J connectivity index is 0.00000324. The monoisotopic (exact) mass is 344 g/mol. The van der Waals surface area contributed by atoms with Crippen LogP contribution in [0.5, 0.6) is 0 Å². The Bertz CT molecular complexity index is 419. The molecule has 7 heteroatoms. The van der Waals surface area contributed by atoms with Crippen LogP contribution in [-0.2, 0) is 20.3 Å². The zero-order valence-corrected chi connectivity index (χ0v) is 13.2. The summed E-state index contributed by atoms with van der Waals surface area (Å²) in [5, 5.41) is 1.81. The number of methoxy groups -OCH3 is 1. The van der Waals surface area contributed by atoms with Gasteiger partial charge in [0.15, 0.2) is 3.67 Å². The highest BCUT2D eigenvalue weighted by molar-refractivity contribution is 7.91. The van der Waals surface area contributed by atoms with E-state index in [1.165, 1.54) is 25.4 Å². The van der Waals surface area contributed by atoms with Crippen LogP contribution in [0.25, 0.3) is 0 Å². The molecule has 0 aliphatic rings. The number of carbonyl (C=O) groups is 1. The second kappa shape index (κ2) is 8.37. The van der Waals surface area contributed by atoms with Crippen molar-refractivity contribution in [1.29, 1.82) is 0 Å². The number of halogens is 2. The van der Waals surface area contributed by atoms with Crippen molar-refractivity contribution in [2.45, 2.75) is 41.2 Å². The molecule has 0 fully saturated rings. The summed E-state index contributed by atoms with van der Waals surface area (Å²) in [6.45, 7) is 1.46. The van der Waals surface area contributed by atoms with Crippen LogP contribution in [0.4, 0.5) is 0 Å². The Labute approximate surface area is 130 Å². The average molecular weight is 345 g/mol. The molecule has 1 rings (SSSR count). The molecule has 0 bridgehead atoms. The molecule has 19 heavy (non-hydrogen) atoms. The molecule has 1 aromatic rings. The van der Waals surface area contributed by atoms with Gasteiger partial charge in [0.2, 0.25) is 0 Å². The Kier molecular flexibility index (Phi) is 8.40. The van der Waals surface area contributed by atoms with E-state index in [9.17, 15) is 9.00 Å². The molecular formula is C12H18Cl2O3S2. The molecule has 1 heterocycles. The quantitative estimate of drug-likeness (QED) is 0.702. The first-order valence-electron chi connectivity index (χ1n) is 5.22. The summed E-state index contributed by atoms with van der Waals surface area (Å²) in [6, 6.07) is 3.50. The van der Waals surface area contributed by atoms with Crippen molar-refractivity contribution in [1.82, 2.24) is 0 Å². The van der Waals surface area contributed by atoms with E-state index < -0.39 is 20.6 Å². The van der Waals surface area contributed by atoms with Gasteiger partial charge in [-0.1, -0.05) is 36.7 Å². The maximum atomic E-state index is 12.2. The predicted molar refractivity (Wildman–Crippen MR) is 82.6 cm³/mol. The molecule has 3 nitrogen and oxygen atoms in total. The molecule has 0 radical (unpaired) electrons. The Morgan fingerprint density at radius 3 is 2.63 bits per heavy atom. The minimum atomic E-state index is -1.54. The molecule has 1 aromatic heterocycles. The largest absolute Gasteiger partial charge is 0.381 e. The zero-order chi connectivity index (χ0) is 13.8. The minimum absolute atomic E-state index is 0. The van der Waals surface area contributed by atoms with Gasteiger partial charge in [0.1, 0.15) is 5.78 Å². The first-order valence-corrected chi connectivity index (χ1v) is 8.01. The molecule has 0 saturated carbocycles. The topological polar surface area (TPSA) is 43.4 Å². The number of rotatable bonds is 7. The van der Waals surface area contributed by atoms with Crippen LogP contribution in [0, 0.1) is 0 Å². The molecule has 0 aromatic carbocycles. The van der Waals surface area contributed by atoms with Gasteiger partial charge in [0.05, 0.1) is 21.1 Å². The minimum Gasteiger partial charge on any atom is -0.381 e. The van der Waals surface area contributed by atoms with E-state index >= 15 is 0 Å². The highest BCUT2D eigenvalue weighted by Gasteiger charge is 2.36. The van der Waals surface area contributed by atoms with Gasteiger partial charge in [-0.25, -0.2) is 0 Å². The predicted octanol–water partition coefficient (Wildman–Crippen LogP) is 4.01. The van der Waals surface area contributed by atoms with Gasteiger partial charge in [-0.2, -0.15) is 0 Å². The van der Waals surface area contributed by atoms with E-state index in [4.69, 9.17) is 27.9 Å². The summed E-state index contributed by atoms with van der Waals surface area (Å²) in [4.78, 5) is 11.1. The van der Waals surface area contributed by atoms with Crippen LogP contribution in [0.1, 0.15) is 27.2 Å². The van der Waals surface area contributed by atoms with E-state index in [0.29, 0.717) is 4.21 Å². The van der Waals surface area contributed by atoms with Gasteiger partial charge < -0.3 is 4.74 Å². The molecule has 0 N–H and O–H groups in total. The van der Waals surface area contributed by atoms with Gasteiger partial charge in [0, 0.05) is 20.0 Å². The molecular weight excluding hydrogens is 327 g/mol. The standard InChI is InChI=1S/C11H14Cl2O3S2.CH4/c1-8(14)6-9(16-2)7-11(12,13)18(15)10-4-3-5-17-10;/h3-5,9H,6-7H2,1-2H3;1H4. The SMILES string of the molecule is C.COC(CC(C)=O)CC(Cl)(Cl)S(=O)c1cccs1. The van der Waals surface area contributed by atoms with Crippen LogP contribution in [0.2, 0.25) is 0 Å². The molecule has 0 saturated heterocycles. The van der Waals surface area contributed by atoms with Gasteiger partial charge in [-0.05, 0) is 18.4 Å². The lowest BCUT2D eigenvalue weighted by atomic mass is 10.1. The van der Waals surface area contributed by atoms with Crippen molar-refractivity contribution >= 4 is 51.1 Å². The second-order valence-electron chi connectivity index (χ2n) is 3.81. The highest BCUT2D eigenvalue weighted by atomic mass is 35.5. The maximum absolute atomic E-state index is 12.2. The van der Waals surface area contributed by atoms with Crippen molar-refractivity contribution < 1.29 is 13.7 Å². The van der Waals surface area contributed by atoms with E-state index in [0.717, 1.165) is 0 Å². The number of hydrogen-bond donors (Lipinski definition) is 0. The van der Waals surface area contributed by atoms with Crippen LogP contribution in [-0.4, -0.2) is 26.9 Å². The molecule has 2 atom stereocenters. The number of ether oxygens (including phenoxy) is 1. The summed E-state index contributed by atoms with van der Waals surface area (Å²) >= 11 is 13.6. The third kappa shape index (κ3) is 5.92. The number of Topliss-reactive ketones (excluding diaryl/α,β-unsaturated/α-hetero) is 1. The number of carbonyl (C=O) groups excluding carboxylic acids is 1. The molecule has 110 valence electrons. The van der Waals surface area contributed by atoms with Crippen molar-refractivity contribution in [2.75, 3.05) is 7.11 Å². The molecule has 0 aliphatic heterocycles. The fourth-order valence-corrected chi connectivity index (χ4v) is 4.76. The van der Waals surface area contributed by atoms with Crippen molar-refractivity contribution in [3.8, 4) is 0 Å². The summed E-state index contributed by atoms with van der Waals surface area (Å²) in [5.74, 6) is -0.0205. The van der Waals surface area contributed by atoms with Gasteiger partial charge in [-0.15, -0.1) is 11.3 Å². The van der Waals surface area contributed by atoms with Crippen LogP contribution >= 0.6 is 34.5 Å². The van der Waals surface area contributed by atoms with E-state index in [1.54, 1.807) is 17.5 Å². The summed E-state index contributed by atoms with van der Waals surface area (Å²) in [6.07, 6.45) is -0.0860. The lowest BCUT2D eigenvalue weighted by Gasteiger charge is -2.23. The molecule has 0 amide bonds. The summed E-state index contributed by atoms with van der Waals surface area (Å²) in [7, 11) is -0.0639. The first kappa shape index (κ1) is 19.1. The smallest absolute Gasteiger partial charge is 0.199 e. The fraction of sp³-hybridized carbons (Fsp3) is 0.583. The number of alkyl halides is 2.